The molecule has 1 atom stereocenters. The van der Waals surface area contributed by atoms with Crippen LogP contribution in [-0.4, -0.2) is 18.0 Å². The Morgan fingerprint density at radius 2 is 2.58 bits per heavy atom. The summed E-state index contributed by atoms with van der Waals surface area (Å²) in [7, 11) is 0. The van der Waals surface area contributed by atoms with Crippen LogP contribution in [0.1, 0.15) is 35.1 Å². The van der Waals surface area contributed by atoms with E-state index in [9.17, 15) is 4.79 Å². The number of carbonyl (C=O) groups is 1. The molecular formula is C8H9NO3. The molecule has 4 heteroatoms. The summed E-state index contributed by atoms with van der Waals surface area (Å²) in [6.45, 7) is 0.740. The van der Waals surface area contributed by atoms with Crippen LogP contribution in [0, 0.1) is 0 Å². The first kappa shape index (κ1) is 7.49. The molecule has 0 saturated carbocycles. The summed E-state index contributed by atoms with van der Waals surface area (Å²) in [4.78, 5) is 10.5. The minimum atomic E-state index is -0.0623. The summed E-state index contributed by atoms with van der Waals surface area (Å²) in [5.74, 6) is 0.572. The van der Waals surface area contributed by atoms with Gasteiger partial charge in [-0.3, -0.25) is 4.79 Å². The highest BCUT2D eigenvalue weighted by molar-refractivity contribution is 5.75. The molecule has 0 aliphatic carbocycles. The number of aromatic nitrogens is 1. The van der Waals surface area contributed by atoms with Crippen LogP contribution in [0.3, 0.4) is 0 Å². The molecule has 12 heavy (non-hydrogen) atoms. The number of rotatable bonds is 2. The normalized spacial score (nSPS) is 22.8. The second-order valence-electron chi connectivity index (χ2n) is 2.76. The first-order valence-corrected chi connectivity index (χ1v) is 3.93. The monoisotopic (exact) mass is 167 g/mol. The van der Waals surface area contributed by atoms with E-state index < -0.39 is 0 Å². The number of nitrogens with zero attached hydrogens (tertiary/aromatic N) is 1. The lowest BCUT2D eigenvalue weighted by Crippen LogP contribution is -1.96. The summed E-state index contributed by atoms with van der Waals surface area (Å²) in [5, 5.41) is 3.55. The van der Waals surface area contributed by atoms with Crippen molar-refractivity contribution in [2.75, 3.05) is 6.61 Å². The van der Waals surface area contributed by atoms with Crippen molar-refractivity contribution in [3.05, 3.63) is 17.5 Å². The minimum Gasteiger partial charge on any atom is -0.370 e. The molecule has 0 bridgehead atoms. The maximum absolute atomic E-state index is 10.5. The summed E-state index contributed by atoms with van der Waals surface area (Å²) in [5.41, 5.74) is 0.502. The first-order valence-electron chi connectivity index (χ1n) is 3.93. The predicted octanol–water partition coefficient (Wildman–Crippen LogP) is 1.34. The molecule has 0 amide bonds. The third kappa shape index (κ3) is 1.14. The number of ether oxygens (including phenoxy) is 1. The quantitative estimate of drug-likeness (QED) is 0.623. The Hall–Kier alpha value is -1.16. The molecule has 1 aliphatic rings. The minimum absolute atomic E-state index is 0.0623. The van der Waals surface area contributed by atoms with Crippen LogP contribution in [0.25, 0.3) is 0 Å². The molecule has 0 radical (unpaired) electrons. The van der Waals surface area contributed by atoms with E-state index in [4.69, 9.17) is 9.26 Å². The van der Waals surface area contributed by atoms with Crippen molar-refractivity contribution < 1.29 is 14.1 Å². The lowest BCUT2D eigenvalue weighted by molar-refractivity contribution is 0.0858. The lowest BCUT2D eigenvalue weighted by atomic mass is 10.1. The fraction of sp³-hybridized carbons (Fsp3) is 0.500. The third-order valence-electron chi connectivity index (χ3n) is 1.98. The van der Waals surface area contributed by atoms with E-state index in [2.05, 4.69) is 5.16 Å². The van der Waals surface area contributed by atoms with Gasteiger partial charge >= 0.3 is 0 Å². The number of aldehydes is 1. The first-order chi connectivity index (χ1) is 5.92. The second-order valence-corrected chi connectivity index (χ2v) is 2.76. The van der Waals surface area contributed by atoms with Crippen LogP contribution in [0.2, 0.25) is 0 Å². The zero-order valence-corrected chi connectivity index (χ0v) is 6.53. The second kappa shape index (κ2) is 3.06. The molecule has 1 aliphatic heterocycles. The fourth-order valence-corrected chi connectivity index (χ4v) is 1.37. The zero-order valence-electron chi connectivity index (χ0n) is 6.53. The summed E-state index contributed by atoms with van der Waals surface area (Å²) >= 11 is 0. The maximum atomic E-state index is 10.5. The van der Waals surface area contributed by atoms with Gasteiger partial charge in [-0.1, -0.05) is 5.16 Å². The van der Waals surface area contributed by atoms with Crippen LogP contribution in [0.15, 0.2) is 10.7 Å². The zero-order chi connectivity index (χ0) is 8.39. The molecule has 2 heterocycles. The number of carbonyl (C=O) groups excluding carboxylic acids is 1. The van der Waals surface area contributed by atoms with E-state index in [1.807, 2.05) is 0 Å². The van der Waals surface area contributed by atoms with Gasteiger partial charge in [0.15, 0.2) is 12.0 Å². The fourth-order valence-electron chi connectivity index (χ4n) is 1.37. The predicted molar refractivity (Wildman–Crippen MR) is 39.8 cm³/mol. The van der Waals surface area contributed by atoms with Gasteiger partial charge in [-0.05, 0) is 12.8 Å². The van der Waals surface area contributed by atoms with E-state index >= 15 is 0 Å². The Morgan fingerprint density at radius 3 is 3.25 bits per heavy atom. The molecule has 0 N–H and O–H groups in total. The molecule has 2 rings (SSSR count). The van der Waals surface area contributed by atoms with Gasteiger partial charge in [0.1, 0.15) is 6.10 Å². The number of hydrogen-bond acceptors (Lipinski definition) is 4. The van der Waals surface area contributed by atoms with E-state index in [-0.39, 0.29) is 6.10 Å². The summed E-state index contributed by atoms with van der Waals surface area (Å²) < 4.78 is 10.3. The average molecular weight is 167 g/mol. The van der Waals surface area contributed by atoms with Gasteiger partial charge in [-0.15, -0.1) is 0 Å². The van der Waals surface area contributed by atoms with Crippen molar-refractivity contribution in [1.29, 1.82) is 0 Å². The summed E-state index contributed by atoms with van der Waals surface area (Å²) in [6, 6.07) is 0. The van der Waals surface area contributed by atoms with Crippen LogP contribution in [0.5, 0.6) is 0 Å². The van der Waals surface area contributed by atoms with Crippen molar-refractivity contribution in [2.24, 2.45) is 0 Å². The smallest absolute Gasteiger partial charge is 0.175 e. The van der Waals surface area contributed by atoms with Gasteiger partial charge < -0.3 is 9.26 Å². The Labute approximate surface area is 69.5 Å². The molecule has 0 spiro atoms. The van der Waals surface area contributed by atoms with E-state index in [0.29, 0.717) is 11.3 Å². The third-order valence-corrected chi connectivity index (χ3v) is 1.98. The molecular weight excluding hydrogens is 158 g/mol. The molecule has 1 fully saturated rings. The Morgan fingerprint density at radius 1 is 1.67 bits per heavy atom. The average Bonchev–Trinajstić information content (AvgIpc) is 2.74. The Balaban J connectivity index is 2.25. The van der Waals surface area contributed by atoms with Crippen molar-refractivity contribution in [2.45, 2.75) is 18.9 Å². The van der Waals surface area contributed by atoms with Gasteiger partial charge in [-0.2, -0.15) is 0 Å². The van der Waals surface area contributed by atoms with Crippen LogP contribution < -0.4 is 0 Å². The van der Waals surface area contributed by atoms with Crippen molar-refractivity contribution in [3.8, 4) is 0 Å². The Bertz CT molecular complexity index is 276. The van der Waals surface area contributed by atoms with Gasteiger partial charge in [0.05, 0.1) is 11.8 Å². The molecule has 1 aromatic heterocycles. The van der Waals surface area contributed by atoms with Gasteiger partial charge in [0.25, 0.3) is 0 Å². The molecule has 1 unspecified atom stereocenters. The molecule has 0 aromatic carbocycles. The highest BCUT2D eigenvalue weighted by Crippen LogP contribution is 2.29. The van der Waals surface area contributed by atoms with Gasteiger partial charge in [0, 0.05) is 6.61 Å². The van der Waals surface area contributed by atoms with Gasteiger partial charge in [-0.25, -0.2) is 0 Å². The Kier molecular flexibility index (Phi) is 1.91. The van der Waals surface area contributed by atoms with E-state index in [0.717, 1.165) is 25.7 Å². The molecule has 64 valence electrons. The maximum Gasteiger partial charge on any atom is 0.175 e. The SMILES string of the molecule is O=Cc1cnoc1C1CCCO1. The molecule has 1 aromatic rings. The highest BCUT2D eigenvalue weighted by Gasteiger charge is 2.24. The highest BCUT2D eigenvalue weighted by atomic mass is 16.5. The topological polar surface area (TPSA) is 52.3 Å². The van der Waals surface area contributed by atoms with Crippen molar-refractivity contribution in [3.63, 3.8) is 0 Å². The summed E-state index contributed by atoms with van der Waals surface area (Å²) in [6.07, 6.45) is 4.03. The van der Waals surface area contributed by atoms with E-state index in [1.54, 1.807) is 0 Å². The largest absolute Gasteiger partial charge is 0.370 e. The van der Waals surface area contributed by atoms with Crippen LogP contribution in [0.4, 0.5) is 0 Å². The van der Waals surface area contributed by atoms with E-state index in [1.165, 1.54) is 6.20 Å². The molecule has 4 nitrogen and oxygen atoms in total. The van der Waals surface area contributed by atoms with Crippen molar-refractivity contribution in [1.82, 2.24) is 5.16 Å². The van der Waals surface area contributed by atoms with Gasteiger partial charge in [0.2, 0.25) is 0 Å². The standard InChI is InChI=1S/C8H9NO3/c10-5-6-4-9-12-8(6)7-2-1-3-11-7/h4-5,7H,1-3H2. The molecule has 1 saturated heterocycles. The van der Waals surface area contributed by atoms with Crippen LogP contribution >= 0.6 is 0 Å². The van der Waals surface area contributed by atoms with Crippen LogP contribution in [-0.2, 0) is 4.74 Å². The lowest BCUT2D eigenvalue weighted by Gasteiger charge is -2.03. The number of hydrogen-bond donors (Lipinski definition) is 0. The van der Waals surface area contributed by atoms with Crippen molar-refractivity contribution >= 4 is 6.29 Å².